The lowest BCUT2D eigenvalue weighted by Gasteiger charge is -2.27. The number of fused-ring (bicyclic) bond motifs is 3. The second-order valence-electron chi connectivity index (χ2n) is 8.76. The number of furan rings is 2. The Morgan fingerprint density at radius 3 is 2.42 bits per heavy atom. The Bertz CT molecular complexity index is 1370. The summed E-state index contributed by atoms with van der Waals surface area (Å²) in [6.45, 7) is 2.47. The first kappa shape index (κ1) is 25.5. The molecule has 2 aromatic heterocycles. The summed E-state index contributed by atoms with van der Waals surface area (Å²) in [6.07, 6.45) is 4.02. The first-order valence-electron chi connectivity index (χ1n) is 12.4. The second-order valence-corrected chi connectivity index (χ2v) is 9.93. The van der Waals surface area contributed by atoms with E-state index in [4.69, 9.17) is 18.8 Å². The van der Waals surface area contributed by atoms with Crippen molar-refractivity contribution in [3.8, 4) is 0 Å². The van der Waals surface area contributed by atoms with Crippen LogP contribution in [0.15, 0.2) is 79.9 Å². The first-order chi connectivity index (χ1) is 18.5. The summed E-state index contributed by atoms with van der Waals surface area (Å²) in [5.74, 6) is 1.18. The normalized spacial score (nSPS) is 16.8. The Balaban J connectivity index is 1.28. The molecule has 1 aromatic carbocycles. The van der Waals surface area contributed by atoms with Gasteiger partial charge in [-0.15, -0.1) is 0 Å². The van der Waals surface area contributed by atoms with Crippen LogP contribution in [0.1, 0.15) is 43.3 Å². The van der Waals surface area contributed by atoms with E-state index >= 15 is 0 Å². The minimum atomic E-state index is -0.718. The largest absolute Gasteiger partial charge is 0.467 e. The van der Waals surface area contributed by atoms with Crippen LogP contribution in [-0.4, -0.2) is 44.9 Å². The van der Waals surface area contributed by atoms with Gasteiger partial charge in [0.2, 0.25) is 11.8 Å². The van der Waals surface area contributed by atoms with Crippen molar-refractivity contribution in [1.82, 2.24) is 15.5 Å². The van der Waals surface area contributed by atoms with Gasteiger partial charge in [0.05, 0.1) is 36.6 Å². The number of nitrogens with zero attached hydrogens (tertiary/aromatic N) is 3. The molecule has 0 saturated carbocycles. The maximum Gasteiger partial charge on any atom is 0.259 e. The molecule has 2 aliphatic rings. The van der Waals surface area contributed by atoms with E-state index in [0.29, 0.717) is 34.6 Å². The van der Waals surface area contributed by atoms with Crippen molar-refractivity contribution in [2.75, 3.05) is 0 Å². The molecule has 2 aliphatic heterocycles. The molecular weight excluding hydrogens is 506 g/mol. The lowest BCUT2D eigenvalue weighted by atomic mass is 10.1. The van der Waals surface area contributed by atoms with Crippen LogP contribution in [0.2, 0.25) is 0 Å². The summed E-state index contributed by atoms with van der Waals surface area (Å²) in [4.78, 5) is 49.7. The van der Waals surface area contributed by atoms with E-state index in [-0.39, 0.29) is 43.7 Å². The predicted molar refractivity (Wildman–Crippen MR) is 143 cm³/mol. The Labute approximate surface area is 223 Å². The molecule has 0 saturated heterocycles. The zero-order chi connectivity index (χ0) is 26.5. The molecule has 38 heavy (non-hydrogen) atoms. The number of hydrogen-bond donors (Lipinski definition) is 2. The van der Waals surface area contributed by atoms with Crippen LogP contribution >= 0.6 is 11.8 Å². The van der Waals surface area contributed by atoms with E-state index in [1.54, 1.807) is 36.8 Å². The SMILES string of the molecule is CCC(SC1=Nc2ccccc2C2=NC(CCC(=O)NCc3ccco3)C(=O)N12)C(=O)NCc1ccco1. The van der Waals surface area contributed by atoms with Crippen molar-refractivity contribution in [3.63, 3.8) is 0 Å². The van der Waals surface area contributed by atoms with Gasteiger partial charge in [-0.3, -0.25) is 19.4 Å². The van der Waals surface area contributed by atoms with Crippen LogP contribution < -0.4 is 10.6 Å². The highest BCUT2D eigenvalue weighted by Gasteiger charge is 2.42. The minimum Gasteiger partial charge on any atom is -0.467 e. The summed E-state index contributed by atoms with van der Waals surface area (Å²) < 4.78 is 10.5. The van der Waals surface area contributed by atoms with Crippen LogP contribution in [0, 0.1) is 0 Å². The van der Waals surface area contributed by atoms with Crippen LogP contribution in [0.5, 0.6) is 0 Å². The fourth-order valence-electron chi connectivity index (χ4n) is 4.17. The Kier molecular flexibility index (Phi) is 7.73. The van der Waals surface area contributed by atoms with Crippen molar-refractivity contribution in [2.45, 2.75) is 50.6 Å². The van der Waals surface area contributed by atoms with Crippen molar-refractivity contribution < 1.29 is 23.2 Å². The quantitative estimate of drug-likeness (QED) is 0.408. The number of aliphatic imine (C=N–C) groups is 2. The summed E-state index contributed by atoms with van der Waals surface area (Å²) in [5.41, 5.74) is 1.42. The van der Waals surface area contributed by atoms with E-state index < -0.39 is 11.3 Å². The molecule has 196 valence electrons. The fraction of sp³-hybridized carbons (Fsp3) is 0.296. The molecule has 2 unspecified atom stereocenters. The third kappa shape index (κ3) is 5.57. The summed E-state index contributed by atoms with van der Waals surface area (Å²) >= 11 is 1.23. The Morgan fingerprint density at radius 1 is 1.03 bits per heavy atom. The van der Waals surface area contributed by atoms with Crippen molar-refractivity contribution in [3.05, 3.63) is 78.1 Å². The molecule has 3 aromatic rings. The molecule has 0 fully saturated rings. The average Bonchev–Trinajstić information content (AvgIpc) is 3.70. The van der Waals surface area contributed by atoms with Gasteiger partial charge in [0.15, 0.2) is 5.17 Å². The van der Waals surface area contributed by atoms with E-state index in [1.807, 2.05) is 31.2 Å². The number of carbonyl (C=O) groups is 3. The lowest BCUT2D eigenvalue weighted by molar-refractivity contribution is -0.125. The molecule has 0 bridgehead atoms. The van der Waals surface area contributed by atoms with Crippen LogP contribution in [0.4, 0.5) is 5.69 Å². The summed E-state index contributed by atoms with van der Waals surface area (Å²) in [6, 6.07) is 13.8. The molecule has 10 nitrogen and oxygen atoms in total. The molecule has 2 N–H and O–H groups in total. The third-order valence-electron chi connectivity index (χ3n) is 6.16. The summed E-state index contributed by atoms with van der Waals surface area (Å²) in [5, 5.41) is 5.60. The fourth-order valence-corrected chi connectivity index (χ4v) is 5.22. The molecular formula is C27H27N5O5S. The van der Waals surface area contributed by atoms with Crippen LogP contribution in [0.25, 0.3) is 0 Å². The van der Waals surface area contributed by atoms with Gasteiger partial charge in [-0.05, 0) is 49.2 Å². The lowest BCUT2D eigenvalue weighted by Crippen LogP contribution is -2.43. The molecule has 3 amide bonds. The van der Waals surface area contributed by atoms with Crippen LogP contribution in [0.3, 0.4) is 0 Å². The van der Waals surface area contributed by atoms with Crippen LogP contribution in [-0.2, 0) is 27.5 Å². The van der Waals surface area contributed by atoms with Gasteiger partial charge >= 0.3 is 0 Å². The number of hydrogen-bond acceptors (Lipinski definition) is 8. The van der Waals surface area contributed by atoms with Gasteiger partial charge in [-0.1, -0.05) is 30.8 Å². The van der Waals surface area contributed by atoms with E-state index in [2.05, 4.69) is 10.6 Å². The number of carbonyl (C=O) groups excluding carboxylic acids is 3. The molecule has 0 spiro atoms. The monoisotopic (exact) mass is 533 g/mol. The molecule has 5 rings (SSSR count). The van der Waals surface area contributed by atoms with Gasteiger partial charge in [-0.2, -0.15) is 0 Å². The number of amidine groups is 2. The highest BCUT2D eigenvalue weighted by Crippen LogP contribution is 2.35. The maximum atomic E-state index is 13.5. The zero-order valence-corrected chi connectivity index (χ0v) is 21.6. The molecule has 4 heterocycles. The van der Waals surface area contributed by atoms with Gasteiger partial charge < -0.3 is 19.5 Å². The number of benzene rings is 1. The van der Waals surface area contributed by atoms with E-state index in [9.17, 15) is 14.4 Å². The molecule has 2 atom stereocenters. The highest BCUT2D eigenvalue weighted by atomic mass is 32.2. The highest BCUT2D eigenvalue weighted by molar-refractivity contribution is 8.15. The van der Waals surface area contributed by atoms with Crippen molar-refractivity contribution in [1.29, 1.82) is 0 Å². The minimum absolute atomic E-state index is 0.135. The average molecular weight is 534 g/mol. The molecule has 11 heteroatoms. The van der Waals surface area contributed by atoms with Gasteiger partial charge in [-0.25, -0.2) is 9.89 Å². The topological polar surface area (TPSA) is 130 Å². The standard InChI is InChI=1S/C27H27N5O5S/c1-2-22(25(34)29-16-18-8-6-14-37-18)38-27-31-20-10-4-3-9-19(20)24-30-21(26(35)32(24)27)11-12-23(33)28-15-17-7-5-13-36-17/h3-10,13-14,21-22H,2,11-12,15-16H2,1H3,(H,28,33)(H,29,34). The number of nitrogens with one attached hydrogen (secondary N) is 2. The first-order valence-corrected chi connectivity index (χ1v) is 13.3. The van der Waals surface area contributed by atoms with Gasteiger partial charge in [0.1, 0.15) is 23.4 Å². The zero-order valence-electron chi connectivity index (χ0n) is 20.8. The molecule has 0 radical (unpaired) electrons. The van der Waals surface area contributed by atoms with Gasteiger partial charge in [0, 0.05) is 12.0 Å². The van der Waals surface area contributed by atoms with Gasteiger partial charge in [0.25, 0.3) is 5.91 Å². The van der Waals surface area contributed by atoms with Crippen molar-refractivity contribution >= 4 is 46.2 Å². The van der Waals surface area contributed by atoms with E-state index in [1.165, 1.54) is 16.7 Å². The number of para-hydroxylation sites is 1. The number of amides is 3. The Morgan fingerprint density at radius 2 is 1.74 bits per heavy atom. The van der Waals surface area contributed by atoms with E-state index in [0.717, 1.165) is 5.56 Å². The maximum absolute atomic E-state index is 13.5. The predicted octanol–water partition coefficient (Wildman–Crippen LogP) is 3.76. The number of rotatable bonds is 10. The smallest absolute Gasteiger partial charge is 0.259 e. The molecule has 0 aliphatic carbocycles. The summed E-state index contributed by atoms with van der Waals surface area (Å²) in [7, 11) is 0. The van der Waals surface area contributed by atoms with Crippen molar-refractivity contribution in [2.24, 2.45) is 9.98 Å². The third-order valence-corrected chi connectivity index (χ3v) is 7.48. The Hall–Kier alpha value is -4.12. The number of thioether (sulfide) groups is 1. The second kappa shape index (κ2) is 11.5.